The fourth-order valence-corrected chi connectivity index (χ4v) is 7.67. The smallest absolute Gasteiger partial charge is 0.756 e. The van der Waals surface area contributed by atoms with Gasteiger partial charge in [0.1, 0.15) is 12.2 Å². The van der Waals surface area contributed by atoms with Crippen LogP contribution < -0.4 is 34.5 Å². The second-order valence-electron chi connectivity index (χ2n) is 10.3. The molecule has 4 rings (SSSR count). The summed E-state index contributed by atoms with van der Waals surface area (Å²) in [4.78, 5) is 44.7. The SMILES string of the molecule is CC1CC2C3CCC4=CC(=O)C=CC4(C)C3(F)C(O)CC2(C)C1(O)C(=O)COP(=O)([O-])O.[Na+]. The maximum Gasteiger partial charge on any atom is 1.00 e. The van der Waals surface area contributed by atoms with Crippen molar-refractivity contribution < 1.29 is 72.6 Å². The van der Waals surface area contributed by atoms with Crippen molar-refractivity contribution in [1.29, 1.82) is 0 Å². The normalized spacial score (nSPS) is 48.0. The van der Waals surface area contributed by atoms with E-state index in [2.05, 4.69) is 4.52 Å². The van der Waals surface area contributed by atoms with Gasteiger partial charge in [-0.25, -0.2) is 4.39 Å². The number of rotatable bonds is 4. The Morgan fingerprint density at radius 1 is 1.36 bits per heavy atom. The molecule has 3 N–H and O–H groups in total. The quantitative estimate of drug-likeness (QED) is 0.313. The molecule has 33 heavy (non-hydrogen) atoms. The Hall–Kier alpha value is -0.220. The maximum atomic E-state index is 17.0. The summed E-state index contributed by atoms with van der Waals surface area (Å²) in [5.74, 6) is -2.96. The molecule has 0 radical (unpaired) electrons. The number of carbonyl (C=O) groups excluding carboxylic acids is 2. The van der Waals surface area contributed by atoms with Gasteiger partial charge in [-0.15, -0.1) is 0 Å². The molecular weight excluding hydrogens is 465 g/mol. The van der Waals surface area contributed by atoms with Gasteiger partial charge < -0.3 is 24.5 Å². The molecule has 8 nitrogen and oxygen atoms in total. The van der Waals surface area contributed by atoms with Crippen LogP contribution in [0.2, 0.25) is 0 Å². The van der Waals surface area contributed by atoms with E-state index in [0.717, 1.165) is 0 Å². The Balaban J connectivity index is 0.00000306. The zero-order valence-electron chi connectivity index (χ0n) is 19.3. The predicted octanol–water partition coefficient (Wildman–Crippen LogP) is -1.62. The minimum atomic E-state index is -5.18. The van der Waals surface area contributed by atoms with Crippen LogP contribution in [0, 0.1) is 28.6 Å². The molecule has 0 heterocycles. The van der Waals surface area contributed by atoms with Crippen LogP contribution in [0.25, 0.3) is 0 Å². The van der Waals surface area contributed by atoms with Crippen molar-refractivity contribution in [3.63, 3.8) is 0 Å². The molecule has 3 saturated carbocycles. The number of aliphatic hydroxyl groups is 2. The first-order valence-electron chi connectivity index (χ1n) is 10.9. The monoisotopic (exact) mass is 494 g/mol. The van der Waals surface area contributed by atoms with E-state index in [1.54, 1.807) is 20.8 Å². The van der Waals surface area contributed by atoms with Gasteiger partial charge in [-0.05, 0) is 56.6 Å². The van der Waals surface area contributed by atoms with Crippen LogP contribution in [0.15, 0.2) is 23.8 Å². The van der Waals surface area contributed by atoms with Crippen LogP contribution >= 0.6 is 7.82 Å². The molecule has 0 amide bonds. The third kappa shape index (κ3) is 3.66. The number of phosphoric acid groups is 1. The minimum absolute atomic E-state index is 0. The van der Waals surface area contributed by atoms with Gasteiger partial charge in [-0.1, -0.05) is 25.5 Å². The molecule has 0 aromatic heterocycles. The van der Waals surface area contributed by atoms with E-state index in [-0.39, 0.29) is 41.8 Å². The summed E-state index contributed by atoms with van der Waals surface area (Å²) in [6.07, 6.45) is 3.62. The Morgan fingerprint density at radius 2 is 2.00 bits per heavy atom. The van der Waals surface area contributed by atoms with Crippen LogP contribution in [0.3, 0.4) is 0 Å². The summed E-state index contributed by atoms with van der Waals surface area (Å²) in [6, 6.07) is 0. The zero-order valence-corrected chi connectivity index (χ0v) is 22.2. The minimum Gasteiger partial charge on any atom is -0.756 e. The Labute approximate surface area is 214 Å². The first-order valence-corrected chi connectivity index (χ1v) is 12.4. The standard InChI is InChI=1S/C22H30FO8P.Na/c1-12-8-16-15-5-4-13-9-14(24)6-7-19(13,2)21(15,23)17(25)10-20(16,3)22(12,27)18(26)11-31-32(28,29)30;/h6-7,9,12,15-17,25,27H,4-5,8,10-11H2,1-3H3,(H2,28,29,30);/q;+1/p-1. The topological polar surface area (TPSA) is 144 Å². The number of fused-ring (bicyclic) bond motifs is 5. The van der Waals surface area contributed by atoms with E-state index in [0.29, 0.717) is 24.8 Å². The second kappa shape index (κ2) is 8.43. The average Bonchev–Trinajstić information content (AvgIpc) is 2.89. The fraction of sp³-hybridized carbons (Fsp3) is 0.727. The van der Waals surface area contributed by atoms with Crippen molar-refractivity contribution in [3.8, 4) is 0 Å². The van der Waals surface area contributed by atoms with Gasteiger partial charge in [0.15, 0.2) is 17.2 Å². The average molecular weight is 494 g/mol. The van der Waals surface area contributed by atoms with E-state index in [4.69, 9.17) is 4.89 Å². The number of allylic oxidation sites excluding steroid dienone is 4. The number of phosphoric ester groups is 1. The van der Waals surface area contributed by atoms with Gasteiger partial charge in [0.25, 0.3) is 7.82 Å². The van der Waals surface area contributed by atoms with Gasteiger partial charge in [0, 0.05) is 16.7 Å². The fourth-order valence-electron chi connectivity index (χ4n) is 7.39. The Morgan fingerprint density at radius 3 is 2.61 bits per heavy atom. The number of carbonyl (C=O) groups is 2. The van der Waals surface area contributed by atoms with E-state index >= 15 is 4.39 Å². The first kappa shape index (κ1) is 27.4. The summed E-state index contributed by atoms with van der Waals surface area (Å²) in [7, 11) is -5.18. The van der Waals surface area contributed by atoms with E-state index in [1.165, 1.54) is 18.2 Å². The van der Waals surface area contributed by atoms with Crippen molar-refractivity contribution >= 4 is 19.4 Å². The van der Waals surface area contributed by atoms with Gasteiger partial charge in [0.2, 0.25) is 0 Å². The molecule has 0 aliphatic heterocycles. The second-order valence-corrected chi connectivity index (χ2v) is 11.5. The van der Waals surface area contributed by atoms with Crippen molar-refractivity contribution in [2.45, 2.75) is 63.8 Å². The third-order valence-electron chi connectivity index (χ3n) is 9.01. The molecular formula is C22H29FNaO8P. The molecule has 178 valence electrons. The van der Waals surface area contributed by atoms with Gasteiger partial charge >= 0.3 is 29.6 Å². The molecule has 4 aliphatic carbocycles. The first-order chi connectivity index (χ1) is 14.6. The number of Topliss-reactive ketones (excluding diaryl/α,β-unsaturated/α-hetero) is 1. The molecule has 9 unspecified atom stereocenters. The molecule has 9 atom stereocenters. The number of hydrogen-bond acceptors (Lipinski definition) is 7. The zero-order chi connectivity index (χ0) is 23.9. The van der Waals surface area contributed by atoms with Crippen molar-refractivity contribution in [1.82, 2.24) is 0 Å². The molecule has 0 saturated heterocycles. The molecule has 3 fully saturated rings. The van der Waals surface area contributed by atoms with E-state index in [1.807, 2.05) is 0 Å². The van der Waals surface area contributed by atoms with Gasteiger partial charge in [-0.3, -0.25) is 14.2 Å². The molecule has 0 aromatic rings. The summed E-state index contributed by atoms with van der Waals surface area (Å²) < 4.78 is 32.2. The largest absolute Gasteiger partial charge is 1.00 e. The Bertz CT molecular complexity index is 979. The summed E-state index contributed by atoms with van der Waals surface area (Å²) in [5, 5.41) is 22.8. The predicted molar refractivity (Wildman–Crippen MR) is 109 cm³/mol. The van der Waals surface area contributed by atoms with Crippen LogP contribution in [-0.2, 0) is 18.7 Å². The molecule has 4 aliphatic rings. The Kier molecular flexibility index (Phi) is 6.99. The number of ketones is 2. The summed E-state index contributed by atoms with van der Waals surface area (Å²) >= 11 is 0. The van der Waals surface area contributed by atoms with Crippen LogP contribution in [0.1, 0.15) is 46.5 Å². The molecule has 11 heteroatoms. The number of halogens is 1. The van der Waals surface area contributed by atoms with Crippen LogP contribution in [-0.4, -0.2) is 50.7 Å². The van der Waals surface area contributed by atoms with E-state index in [9.17, 15) is 29.3 Å². The summed E-state index contributed by atoms with van der Waals surface area (Å²) in [6.45, 7) is 3.90. The van der Waals surface area contributed by atoms with Gasteiger partial charge in [0.05, 0.1) is 6.10 Å². The molecule has 0 spiro atoms. The van der Waals surface area contributed by atoms with Gasteiger partial charge in [-0.2, -0.15) is 0 Å². The number of alkyl halides is 1. The van der Waals surface area contributed by atoms with E-state index < -0.39 is 66.2 Å². The maximum absolute atomic E-state index is 17.0. The third-order valence-corrected chi connectivity index (χ3v) is 9.46. The summed E-state index contributed by atoms with van der Waals surface area (Å²) in [5.41, 5.74) is -5.95. The van der Waals surface area contributed by atoms with Crippen LogP contribution in [0.5, 0.6) is 0 Å². The van der Waals surface area contributed by atoms with Crippen molar-refractivity contribution in [2.24, 2.45) is 28.6 Å². The number of hydrogen-bond donors (Lipinski definition) is 3. The molecule has 0 bridgehead atoms. The van der Waals surface area contributed by atoms with Crippen LogP contribution in [0.4, 0.5) is 4.39 Å². The van der Waals surface area contributed by atoms with Crippen molar-refractivity contribution in [3.05, 3.63) is 23.8 Å². The molecule has 0 aromatic carbocycles. The number of aliphatic hydroxyl groups excluding tert-OH is 1. The van der Waals surface area contributed by atoms with Crippen molar-refractivity contribution in [2.75, 3.05) is 6.61 Å².